The van der Waals surface area contributed by atoms with Gasteiger partial charge in [-0.1, -0.05) is 54.6 Å². The summed E-state index contributed by atoms with van der Waals surface area (Å²) >= 11 is 12.4. The van der Waals surface area contributed by atoms with E-state index in [2.05, 4.69) is 5.10 Å². The largest absolute Gasteiger partial charge is 0.479 e. The van der Waals surface area contributed by atoms with Crippen LogP contribution in [0.2, 0.25) is 10.0 Å². The molecule has 0 aliphatic heterocycles. The van der Waals surface area contributed by atoms with E-state index in [1.807, 2.05) is 12.1 Å². The van der Waals surface area contributed by atoms with Crippen molar-refractivity contribution in [3.05, 3.63) is 68.2 Å². The molecule has 1 aliphatic carbocycles. The number of rotatable bonds is 6. The lowest BCUT2D eigenvalue weighted by Gasteiger charge is -2.22. The van der Waals surface area contributed by atoms with Crippen molar-refractivity contribution in [2.24, 2.45) is 5.10 Å². The number of aromatic nitrogens is 2. The summed E-state index contributed by atoms with van der Waals surface area (Å²) in [6.07, 6.45) is 6.80. The second-order valence-corrected chi connectivity index (χ2v) is 8.49. The van der Waals surface area contributed by atoms with Crippen LogP contribution in [-0.4, -0.2) is 33.6 Å². The highest BCUT2D eigenvalue weighted by molar-refractivity contribution is 6.37. The van der Waals surface area contributed by atoms with Gasteiger partial charge in [0, 0.05) is 5.92 Å². The molecule has 0 amide bonds. The fourth-order valence-corrected chi connectivity index (χ4v) is 4.54. The number of nitrogens with zero attached hydrogens (tertiary/aromatic N) is 3. The molecular formula is C23H21Cl2N3O4. The van der Waals surface area contributed by atoms with Crippen molar-refractivity contribution in [2.75, 3.05) is 6.61 Å². The number of fused-ring (bicyclic) bond motifs is 1. The molecule has 0 spiro atoms. The summed E-state index contributed by atoms with van der Waals surface area (Å²) in [4.78, 5) is 28.8. The smallest absolute Gasteiger partial charge is 0.341 e. The van der Waals surface area contributed by atoms with Crippen LogP contribution in [0.25, 0.3) is 10.9 Å². The number of carboxylic acid groups (broad SMARTS) is 1. The van der Waals surface area contributed by atoms with E-state index in [9.17, 15) is 9.59 Å². The van der Waals surface area contributed by atoms with Gasteiger partial charge >= 0.3 is 5.97 Å². The van der Waals surface area contributed by atoms with E-state index in [1.165, 1.54) is 17.3 Å². The Morgan fingerprint density at radius 3 is 2.56 bits per heavy atom. The lowest BCUT2D eigenvalue weighted by atomic mass is 9.88. The van der Waals surface area contributed by atoms with Gasteiger partial charge in [0.1, 0.15) is 5.82 Å². The average Bonchev–Trinajstić information content (AvgIpc) is 2.78. The summed E-state index contributed by atoms with van der Waals surface area (Å²) in [5.74, 6) is -0.234. The monoisotopic (exact) mass is 473 g/mol. The van der Waals surface area contributed by atoms with Crippen LogP contribution in [0.4, 0.5) is 0 Å². The second-order valence-electron chi connectivity index (χ2n) is 7.68. The molecule has 0 unspecified atom stereocenters. The number of aliphatic carboxylic acids is 1. The van der Waals surface area contributed by atoms with E-state index >= 15 is 0 Å². The lowest BCUT2D eigenvalue weighted by molar-refractivity contribution is -0.139. The zero-order valence-corrected chi connectivity index (χ0v) is 18.6. The molecule has 32 heavy (non-hydrogen) atoms. The van der Waals surface area contributed by atoms with Crippen molar-refractivity contribution < 1.29 is 14.6 Å². The first-order chi connectivity index (χ1) is 15.4. The van der Waals surface area contributed by atoms with Gasteiger partial charge < -0.3 is 9.84 Å². The van der Waals surface area contributed by atoms with Gasteiger partial charge in [0.05, 0.1) is 27.2 Å². The molecule has 0 bridgehead atoms. The van der Waals surface area contributed by atoms with Crippen molar-refractivity contribution in [1.82, 2.24) is 9.66 Å². The van der Waals surface area contributed by atoms with E-state index in [-0.39, 0.29) is 27.3 Å². The van der Waals surface area contributed by atoms with E-state index in [0.717, 1.165) is 25.7 Å². The standard InChI is InChI=1S/C23H21Cl2N3O4/c24-17-10-14(11-18(25)21(17)32-13-20(29)30)12-26-28-22(15-6-2-1-3-7-15)27-19-9-5-4-8-16(19)23(28)31/h4-5,8-12,15H,1-3,6-7,13H2,(H,29,30). The Labute approximate surface area is 194 Å². The van der Waals surface area contributed by atoms with Gasteiger partial charge in [-0.2, -0.15) is 9.78 Å². The van der Waals surface area contributed by atoms with Crippen LogP contribution in [0.15, 0.2) is 46.3 Å². The number of halogens is 2. The minimum atomic E-state index is -1.14. The predicted octanol–water partition coefficient (Wildman–Crippen LogP) is 5.10. The van der Waals surface area contributed by atoms with Gasteiger partial charge in [-0.15, -0.1) is 0 Å². The predicted molar refractivity (Wildman–Crippen MR) is 124 cm³/mol. The maximum absolute atomic E-state index is 13.2. The molecule has 1 saturated carbocycles. The van der Waals surface area contributed by atoms with Crippen LogP contribution < -0.4 is 10.3 Å². The third kappa shape index (κ3) is 4.79. The fraction of sp³-hybridized carbons (Fsp3) is 0.304. The zero-order valence-electron chi connectivity index (χ0n) is 17.1. The molecule has 1 aromatic heterocycles. The number of benzene rings is 2. The van der Waals surface area contributed by atoms with Gasteiger partial charge in [0.2, 0.25) is 0 Å². The van der Waals surface area contributed by atoms with Crippen LogP contribution in [-0.2, 0) is 4.79 Å². The highest BCUT2D eigenvalue weighted by atomic mass is 35.5. The van der Waals surface area contributed by atoms with E-state index in [4.69, 9.17) is 38.0 Å². The Balaban J connectivity index is 1.74. The normalized spacial score (nSPS) is 14.8. The third-order valence-electron chi connectivity index (χ3n) is 5.43. The fourth-order valence-electron chi connectivity index (χ4n) is 3.93. The molecule has 3 aromatic rings. The molecule has 0 atom stereocenters. The zero-order chi connectivity index (χ0) is 22.7. The van der Waals surface area contributed by atoms with Crippen molar-refractivity contribution >= 4 is 46.3 Å². The summed E-state index contributed by atoms with van der Waals surface area (Å²) in [6.45, 7) is -0.560. The molecule has 4 rings (SSSR count). The molecule has 9 heteroatoms. The van der Waals surface area contributed by atoms with Gasteiger partial charge in [0.15, 0.2) is 12.4 Å². The lowest BCUT2D eigenvalue weighted by Crippen LogP contribution is -2.25. The average molecular weight is 474 g/mol. The Hall–Kier alpha value is -2.90. The maximum Gasteiger partial charge on any atom is 0.341 e. The topological polar surface area (TPSA) is 93.8 Å². The van der Waals surface area contributed by atoms with Gasteiger partial charge in [-0.3, -0.25) is 4.79 Å². The molecule has 166 valence electrons. The quantitative estimate of drug-likeness (QED) is 0.502. The van der Waals surface area contributed by atoms with Crippen molar-refractivity contribution in [2.45, 2.75) is 38.0 Å². The molecule has 1 aliphatic rings. The first-order valence-corrected chi connectivity index (χ1v) is 11.1. The van der Waals surface area contributed by atoms with Crippen LogP contribution in [0.1, 0.15) is 49.4 Å². The molecule has 1 fully saturated rings. The Morgan fingerprint density at radius 1 is 1.19 bits per heavy atom. The molecule has 2 aromatic carbocycles. The minimum absolute atomic E-state index is 0.0836. The minimum Gasteiger partial charge on any atom is -0.479 e. The summed E-state index contributed by atoms with van der Waals surface area (Å²) < 4.78 is 6.51. The number of para-hydroxylation sites is 1. The summed E-state index contributed by atoms with van der Waals surface area (Å²) in [7, 11) is 0. The van der Waals surface area contributed by atoms with Crippen LogP contribution in [0, 0.1) is 0 Å². The SMILES string of the molecule is O=C(O)COc1c(Cl)cc(C=Nn2c(C3CCCCC3)nc3ccccc3c2=O)cc1Cl. The van der Waals surface area contributed by atoms with Crippen molar-refractivity contribution in [3.8, 4) is 5.75 Å². The molecule has 0 radical (unpaired) electrons. The number of carbonyl (C=O) groups is 1. The van der Waals surface area contributed by atoms with E-state index in [0.29, 0.717) is 22.3 Å². The second kappa shape index (κ2) is 9.71. The van der Waals surface area contributed by atoms with Gasteiger partial charge in [-0.25, -0.2) is 9.78 Å². The van der Waals surface area contributed by atoms with Gasteiger partial charge in [0.25, 0.3) is 5.56 Å². The van der Waals surface area contributed by atoms with E-state index < -0.39 is 12.6 Å². The Morgan fingerprint density at radius 2 is 1.88 bits per heavy atom. The molecule has 7 nitrogen and oxygen atoms in total. The van der Waals surface area contributed by atoms with Crippen LogP contribution in [0.3, 0.4) is 0 Å². The number of hydrogen-bond acceptors (Lipinski definition) is 5. The first-order valence-electron chi connectivity index (χ1n) is 10.3. The maximum atomic E-state index is 13.2. The Bertz CT molecular complexity index is 1230. The molecule has 0 saturated heterocycles. The summed E-state index contributed by atoms with van der Waals surface area (Å²) in [5, 5.41) is 14.0. The van der Waals surface area contributed by atoms with Crippen molar-refractivity contribution in [1.29, 1.82) is 0 Å². The molecule has 1 N–H and O–H groups in total. The van der Waals surface area contributed by atoms with Gasteiger partial charge in [-0.05, 0) is 42.7 Å². The highest BCUT2D eigenvalue weighted by Gasteiger charge is 2.22. The molecular weight excluding hydrogens is 453 g/mol. The Kier molecular flexibility index (Phi) is 6.77. The number of hydrogen-bond donors (Lipinski definition) is 1. The number of ether oxygens (including phenoxy) is 1. The van der Waals surface area contributed by atoms with E-state index in [1.54, 1.807) is 24.3 Å². The highest BCUT2D eigenvalue weighted by Crippen LogP contribution is 2.34. The number of carboxylic acids is 1. The van der Waals surface area contributed by atoms with Crippen molar-refractivity contribution in [3.63, 3.8) is 0 Å². The summed E-state index contributed by atoms with van der Waals surface area (Å²) in [5.41, 5.74) is 0.971. The van der Waals surface area contributed by atoms with Crippen LogP contribution in [0.5, 0.6) is 5.75 Å². The first kappa shape index (κ1) is 22.3. The molecule has 1 heterocycles. The van der Waals surface area contributed by atoms with Crippen LogP contribution >= 0.6 is 23.2 Å². The summed E-state index contributed by atoms with van der Waals surface area (Å²) in [6, 6.07) is 10.3. The third-order valence-corrected chi connectivity index (χ3v) is 5.99.